The summed E-state index contributed by atoms with van der Waals surface area (Å²) in [6, 6.07) is 19.2. The standard InChI is InChI=1S/C17H14ClNO/c1-12(18)16-11-13-7-5-6-10-15(13)17(20)19(16)14-8-3-2-4-9-14/h2-12H,1H3. The molecule has 1 atom stereocenters. The summed E-state index contributed by atoms with van der Waals surface area (Å²) in [7, 11) is 0. The fourth-order valence-corrected chi connectivity index (χ4v) is 2.58. The van der Waals surface area contributed by atoms with Crippen LogP contribution in [-0.4, -0.2) is 4.57 Å². The van der Waals surface area contributed by atoms with Gasteiger partial charge in [-0.15, -0.1) is 11.6 Å². The lowest BCUT2D eigenvalue weighted by atomic mass is 10.1. The quantitative estimate of drug-likeness (QED) is 0.643. The van der Waals surface area contributed by atoms with E-state index in [1.165, 1.54) is 0 Å². The Morgan fingerprint density at radius 3 is 2.35 bits per heavy atom. The Bertz CT molecular complexity index is 806. The van der Waals surface area contributed by atoms with Gasteiger partial charge in [-0.3, -0.25) is 9.36 Å². The Hall–Kier alpha value is -2.06. The first-order valence-electron chi connectivity index (χ1n) is 6.52. The maximum absolute atomic E-state index is 12.8. The molecule has 0 fully saturated rings. The summed E-state index contributed by atoms with van der Waals surface area (Å²) in [6.07, 6.45) is 0. The number of pyridine rings is 1. The number of hydrogen-bond donors (Lipinski definition) is 0. The maximum Gasteiger partial charge on any atom is 0.263 e. The van der Waals surface area contributed by atoms with Crippen LogP contribution in [0.4, 0.5) is 0 Å². The van der Waals surface area contributed by atoms with E-state index in [0.29, 0.717) is 5.39 Å². The minimum absolute atomic E-state index is 0.0307. The highest BCUT2D eigenvalue weighted by atomic mass is 35.5. The average Bonchev–Trinajstić information content (AvgIpc) is 2.48. The normalized spacial score (nSPS) is 12.5. The lowest BCUT2D eigenvalue weighted by Crippen LogP contribution is -2.22. The Kier molecular flexibility index (Phi) is 3.33. The van der Waals surface area contributed by atoms with Gasteiger partial charge < -0.3 is 0 Å². The van der Waals surface area contributed by atoms with Gasteiger partial charge in [0.05, 0.1) is 5.38 Å². The van der Waals surface area contributed by atoms with Crippen molar-refractivity contribution in [1.29, 1.82) is 0 Å². The molecule has 3 rings (SSSR count). The molecule has 0 bridgehead atoms. The molecule has 0 spiro atoms. The predicted molar refractivity (Wildman–Crippen MR) is 83.8 cm³/mol. The Morgan fingerprint density at radius 1 is 1.00 bits per heavy atom. The van der Waals surface area contributed by atoms with Crippen LogP contribution < -0.4 is 5.56 Å². The van der Waals surface area contributed by atoms with Gasteiger partial charge in [-0.2, -0.15) is 0 Å². The molecule has 0 amide bonds. The van der Waals surface area contributed by atoms with E-state index in [0.717, 1.165) is 16.8 Å². The van der Waals surface area contributed by atoms with Crippen molar-refractivity contribution in [2.45, 2.75) is 12.3 Å². The van der Waals surface area contributed by atoms with Crippen molar-refractivity contribution in [3.63, 3.8) is 0 Å². The number of rotatable bonds is 2. The van der Waals surface area contributed by atoms with Crippen molar-refractivity contribution in [2.24, 2.45) is 0 Å². The molecule has 0 saturated heterocycles. The topological polar surface area (TPSA) is 22.0 Å². The van der Waals surface area contributed by atoms with Crippen LogP contribution in [0.2, 0.25) is 0 Å². The highest BCUT2D eigenvalue weighted by Crippen LogP contribution is 2.24. The highest BCUT2D eigenvalue weighted by Gasteiger charge is 2.14. The summed E-state index contributed by atoms with van der Waals surface area (Å²) in [4.78, 5) is 12.8. The van der Waals surface area contributed by atoms with Gasteiger partial charge in [0.25, 0.3) is 5.56 Å². The smallest absolute Gasteiger partial charge is 0.263 e. The zero-order chi connectivity index (χ0) is 14.1. The van der Waals surface area contributed by atoms with Crippen LogP contribution in [0.5, 0.6) is 0 Å². The molecule has 0 saturated carbocycles. The van der Waals surface area contributed by atoms with Crippen LogP contribution in [0.1, 0.15) is 18.0 Å². The van der Waals surface area contributed by atoms with Crippen LogP contribution in [0.25, 0.3) is 16.5 Å². The third-order valence-electron chi connectivity index (χ3n) is 3.38. The fraction of sp³-hybridized carbons (Fsp3) is 0.118. The van der Waals surface area contributed by atoms with E-state index >= 15 is 0 Å². The molecule has 100 valence electrons. The number of fused-ring (bicyclic) bond motifs is 1. The van der Waals surface area contributed by atoms with Crippen LogP contribution in [0.3, 0.4) is 0 Å². The Labute approximate surface area is 122 Å². The van der Waals surface area contributed by atoms with Crippen molar-refractivity contribution >= 4 is 22.4 Å². The number of alkyl halides is 1. The van der Waals surface area contributed by atoms with Gasteiger partial charge in [-0.05, 0) is 36.6 Å². The number of halogens is 1. The summed E-state index contributed by atoms with van der Waals surface area (Å²) in [5, 5.41) is 1.39. The van der Waals surface area contributed by atoms with Crippen molar-refractivity contribution < 1.29 is 0 Å². The molecule has 1 heterocycles. The van der Waals surface area contributed by atoms with E-state index in [1.54, 1.807) is 4.57 Å². The SMILES string of the molecule is CC(Cl)c1cc2ccccc2c(=O)n1-c1ccccc1. The van der Waals surface area contributed by atoms with Gasteiger partial charge in [0.2, 0.25) is 0 Å². The van der Waals surface area contributed by atoms with Gasteiger partial charge in [0.15, 0.2) is 0 Å². The average molecular weight is 284 g/mol. The van der Waals surface area contributed by atoms with Crippen molar-refractivity contribution in [1.82, 2.24) is 4.57 Å². The zero-order valence-electron chi connectivity index (χ0n) is 11.1. The lowest BCUT2D eigenvalue weighted by Gasteiger charge is -2.16. The Balaban J connectivity index is 2.43. The van der Waals surface area contributed by atoms with E-state index in [9.17, 15) is 4.79 Å². The van der Waals surface area contributed by atoms with Gasteiger partial charge in [0, 0.05) is 16.8 Å². The lowest BCUT2D eigenvalue weighted by molar-refractivity contribution is 0.870. The molecule has 2 aromatic carbocycles. The second-order valence-corrected chi connectivity index (χ2v) is 5.40. The fourth-order valence-electron chi connectivity index (χ4n) is 2.42. The van der Waals surface area contributed by atoms with Crippen molar-refractivity contribution in [3.05, 3.63) is 76.7 Å². The second kappa shape index (κ2) is 5.14. The predicted octanol–water partition coefficient (Wildman–Crippen LogP) is 4.29. The van der Waals surface area contributed by atoms with E-state index < -0.39 is 0 Å². The summed E-state index contributed by atoms with van der Waals surface area (Å²) in [5.74, 6) is 0. The summed E-state index contributed by atoms with van der Waals surface area (Å²) >= 11 is 6.27. The zero-order valence-corrected chi connectivity index (χ0v) is 11.8. The first kappa shape index (κ1) is 12.9. The molecule has 3 heteroatoms. The van der Waals surface area contributed by atoms with Gasteiger partial charge in [-0.1, -0.05) is 36.4 Å². The highest BCUT2D eigenvalue weighted by molar-refractivity contribution is 6.20. The third-order valence-corrected chi connectivity index (χ3v) is 3.60. The van der Waals surface area contributed by atoms with Gasteiger partial charge in [-0.25, -0.2) is 0 Å². The van der Waals surface area contributed by atoms with Crippen LogP contribution in [0.15, 0.2) is 65.5 Å². The largest absolute Gasteiger partial charge is 0.279 e. The van der Waals surface area contributed by atoms with Crippen molar-refractivity contribution in [3.8, 4) is 5.69 Å². The van der Waals surface area contributed by atoms with Crippen LogP contribution >= 0.6 is 11.6 Å². The van der Waals surface area contributed by atoms with E-state index in [4.69, 9.17) is 11.6 Å². The summed E-state index contributed by atoms with van der Waals surface area (Å²) in [6.45, 7) is 1.88. The Morgan fingerprint density at radius 2 is 1.65 bits per heavy atom. The first-order chi connectivity index (χ1) is 9.68. The molecule has 20 heavy (non-hydrogen) atoms. The molecule has 0 aliphatic heterocycles. The van der Waals surface area contributed by atoms with E-state index in [-0.39, 0.29) is 10.9 Å². The molecule has 3 aromatic rings. The minimum atomic E-state index is -0.243. The van der Waals surface area contributed by atoms with Crippen LogP contribution in [-0.2, 0) is 0 Å². The molecular weight excluding hydrogens is 270 g/mol. The minimum Gasteiger partial charge on any atom is -0.279 e. The number of benzene rings is 2. The molecular formula is C17H14ClNO. The van der Waals surface area contributed by atoms with Gasteiger partial charge >= 0.3 is 0 Å². The first-order valence-corrected chi connectivity index (χ1v) is 6.96. The van der Waals surface area contributed by atoms with Gasteiger partial charge in [0.1, 0.15) is 0 Å². The summed E-state index contributed by atoms with van der Waals surface area (Å²) in [5.41, 5.74) is 1.61. The molecule has 1 unspecified atom stereocenters. The molecule has 0 aliphatic rings. The summed E-state index contributed by atoms with van der Waals surface area (Å²) < 4.78 is 1.69. The third kappa shape index (κ3) is 2.12. The number of hydrogen-bond acceptors (Lipinski definition) is 1. The maximum atomic E-state index is 12.8. The monoisotopic (exact) mass is 283 g/mol. The van der Waals surface area contributed by atoms with E-state index in [1.807, 2.05) is 67.6 Å². The molecule has 0 N–H and O–H groups in total. The van der Waals surface area contributed by atoms with Crippen molar-refractivity contribution in [2.75, 3.05) is 0 Å². The molecule has 0 radical (unpaired) electrons. The van der Waals surface area contributed by atoms with E-state index in [2.05, 4.69) is 0 Å². The molecule has 2 nitrogen and oxygen atoms in total. The number of nitrogens with zero attached hydrogens (tertiary/aromatic N) is 1. The number of para-hydroxylation sites is 1. The molecule has 0 aliphatic carbocycles. The second-order valence-electron chi connectivity index (χ2n) is 4.75. The number of aromatic nitrogens is 1. The van der Waals surface area contributed by atoms with Crippen LogP contribution in [0, 0.1) is 0 Å². The molecule has 1 aromatic heterocycles.